The van der Waals surface area contributed by atoms with E-state index in [1.807, 2.05) is 0 Å². The Balaban J connectivity index is 0.928. The molecular formula is C75H63N3O. The standard InChI is InChI=1S/C75H63N3O/c1-47(2)52-37-67-63-35-33-61(76(59-23-15-21-55(43-59)74(3,4)5)57-29-25-50(26-30-57)48-17-11-9-12-18-48)45-70(63)78-69-41-54-42-71-66(40-53(54)39-65(69)68(38-52)73(67)78)64-36-34-62(46-72(64)79-71)77(60-24-16-22-56(44-60)75(6,7)8)58-31-27-51(28-32-58)49-19-13-10-14-20-49/h9-47H,1-8H3. The molecule has 0 aliphatic heterocycles. The summed E-state index contributed by atoms with van der Waals surface area (Å²) in [5.41, 5.74) is 20.7. The molecule has 0 radical (unpaired) electrons. The van der Waals surface area contributed by atoms with Gasteiger partial charge in [-0.1, -0.05) is 171 Å². The van der Waals surface area contributed by atoms with E-state index in [1.54, 1.807) is 0 Å². The molecule has 0 fully saturated rings. The highest BCUT2D eigenvalue weighted by atomic mass is 16.3. The molecule has 4 nitrogen and oxygen atoms in total. The second kappa shape index (κ2) is 18.2. The van der Waals surface area contributed by atoms with E-state index in [4.69, 9.17) is 4.42 Å². The summed E-state index contributed by atoms with van der Waals surface area (Å²) in [5, 5.41) is 9.65. The van der Waals surface area contributed by atoms with Crippen LogP contribution >= 0.6 is 0 Å². The molecule has 384 valence electrons. The lowest BCUT2D eigenvalue weighted by Gasteiger charge is -2.28. The summed E-state index contributed by atoms with van der Waals surface area (Å²) in [7, 11) is 0. The van der Waals surface area contributed by atoms with Crippen LogP contribution < -0.4 is 9.80 Å². The third-order valence-electron chi connectivity index (χ3n) is 16.5. The molecule has 3 aromatic heterocycles. The highest BCUT2D eigenvalue weighted by Crippen LogP contribution is 2.47. The molecule has 0 spiro atoms. The zero-order valence-electron chi connectivity index (χ0n) is 46.3. The van der Waals surface area contributed by atoms with E-state index >= 15 is 0 Å². The number of anilines is 6. The van der Waals surface area contributed by atoms with Gasteiger partial charge in [0.1, 0.15) is 11.2 Å². The maximum Gasteiger partial charge on any atom is 0.137 e. The summed E-state index contributed by atoms with van der Waals surface area (Å²) < 4.78 is 9.50. The lowest BCUT2D eigenvalue weighted by Crippen LogP contribution is -2.14. The van der Waals surface area contributed by atoms with Crippen molar-refractivity contribution in [3.8, 4) is 22.3 Å². The minimum absolute atomic E-state index is 0.0111. The van der Waals surface area contributed by atoms with Crippen LogP contribution in [0.15, 0.2) is 235 Å². The van der Waals surface area contributed by atoms with Gasteiger partial charge in [-0.2, -0.15) is 0 Å². The summed E-state index contributed by atoms with van der Waals surface area (Å²) in [6, 6.07) is 85.4. The highest BCUT2D eigenvalue weighted by molar-refractivity contribution is 6.26. The molecule has 4 heteroatoms. The molecule has 79 heavy (non-hydrogen) atoms. The molecule has 0 aliphatic carbocycles. The van der Waals surface area contributed by atoms with E-state index in [1.165, 1.54) is 82.4 Å². The molecule has 0 atom stereocenters. The zero-order chi connectivity index (χ0) is 53.9. The van der Waals surface area contributed by atoms with Gasteiger partial charge in [-0.3, -0.25) is 0 Å². The van der Waals surface area contributed by atoms with Crippen molar-refractivity contribution in [3.05, 3.63) is 247 Å². The lowest BCUT2D eigenvalue weighted by atomic mass is 9.87. The van der Waals surface area contributed by atoms with Crippen molar-refractivity contribution in [1.82, 2.24) is 4.40 Å². The number of fused-ring (bicyclic) bond motifs is 10. The quantitative estimate of drug-likeness (QED) is 0.144. The van der Waals surface area contributed by atoms with Gasteiger partial charge in [-0.05, 0) is 176 Å². The minimum atomic E-state index is -0.0151. The number of benzene rings is 11. The van der Waals surface area contributed by atoms with Crippen LogP contribution in [0, 0.1) is 0 Å². The Hall–Kier alpha value is -9.12. The van der Waals surface area contributed by atoms with Gasteiger partial charge in [0.15, 0.2) is 0 Å². The topological polar surface area (TPSA) is 24.0 Å². The second-order valence-electron chi connectivity index (χ2n) is 24.1. The number of hydrogen-bond acceptors (Lipinski definition) is 3. The first-order chi connectivity index (χ1) is 38.2. The normalized spacial score (nSPS) is 12.4. The van der Waals surface area contributed by atoms with Gasteiger partial charge in [0.05, 0.1) is 16.6 Å². The van der Waals surface area contributed by atoms with Gasteiger partial charge in [-0.25, -0.2) is 0 Å². The second-order valence-corrected chi connectivity index (χ2v) is 24.1. The van der Waals surface area contributed by atoms with E-state index < -0.39 is 0 Å². The van der Waals surface area contributed by atoms with Crippen LogP contribution in [0.4, 0.5) is 34.1 Å². The molecule has 0 saturated heterocycles. The summed E-state index contributed by atoms with van der Waals surface area (Å²) in [6.45, 7) is 18.3. The Morgan fingerprint density at radius 1 is 0.342 bits per heavy atom. The van der Waals surface area contributed by atoms with E-state index in [0.717, 1.165) is 61.4 Å². The minimum Gasteiger partial charge on any atom is -0.456 e. The Morgan fingerprint density at radius 2 is 0.785 bits per heavy atom. The molecule has 11 aromatic carbocycles. The van der Waals surface area contributed by atoms with Crippen LogP contribution in [0.1, 0.15) is 78.0 Å². The first-order valence-corrected chi connectivity index (χ1v) is 27.9. The summed E-state index contributed by atoms with van der Waals surface area (Å²) in [6.07, 6.45) is 0. The number of nitrogens with zero attached hydrogens (tertiary/aromatic N) is 3. The molecule has 0 N–H and O–H groups in total. The molecule has 0 bridgehead atoms. The number of rotatable bonds is 9. The molecule has 0 aliphatic rings. The Kier molecular flexibility index (Phi) is 11.1. The van der Waals surface area contributed by atoms with Gasteiger partial charge in [0.25, 0.3) is 0 Å². The fourth-order valence-corrected chi connectivity index (χ4v) is 12.2. The third kappa shape index (κ3) is 8.28. The van der Waals surface area contributed by atoms with E-state index in [0.29, 0.717) is 5.92 Å². The fraction of sp³-hybridized carbons (Fsp3) is 0.147. The highest BCUT2D eigenvalue weighted by Gasteiger charge is 2.25. The summed E-state index contributed by atoms with van der Waals surface area (Å²) in [4.78, 5) is 4.79. The first kappa shape index (κ1) is 48.3. The Labute approximate surface area is 462 Å². The smallest absolute Gasteiger partial charge is 0.137 e. The van der Waals surface area contributed by atoms with Crippen LogP contribution in [-0.2, 0) is 10.8 Å². The lowest BCUT2D eigenvalue weighted by molar-refractivity contribution is 0.590. The number of furan rings is 1. The van der Waals surface area contributed by atoms with Crippen molar-refractivity contribution >= 4 is 105 Å². The molecule has 0 amide bonds. The van der Waals surface area contributed by atoms with E-state index in [-0.39, 0.29) is 10.8 Å². The van der Waals surface area contributed by atoms with Crippen LogP contribution in [0.5, 0.6) is 0 Å². The molecule has 0 unspecified atom stereocenters. The zero-order valence-corrected chi connectivity index (χ0v) is 46.3. The van der Waals surface area contributed by atoms with Gasteiger partial charge in [0.2, 0.25) is 0 Å². The predicted octanol–water partition coefficient (Wildman–Crippen LogP) is 21.9. The van der Waals surface area contributed by atoms with Crippen LogP contribution in [-0.4, -0.2) is 4.40 Å². The van der Waals surface area contributed by atoms with Crippen LogP contribution in [0.2, 0.25) is 0 Å². The largest absolute Gasteiger partial charge is 0.456 e. The van der Waals surface area contributed by atoms with E-state index in [2.05, 4.69) is 300 Å². The van der Waals surface area contributed by atoms with Gasteiger partial charge in [0, 0.05) is 72.5 Å². The molecular weight excluding hydrogens is 959 g/mol. The Bertz CT molecular complexity index is 4630. The van der Waals surface area contributed by atoms with Crippen LogP contribution in [0.25, 0.3) is 93.1 Å². The Morgan fingerprint density at radius 3 is 1.33 bits per heavy atom. The van der Waals surface area contributed by atoms with Gasteiger partial charge < -0.3 is 18.6 Å². The summed E-state index contributed by atoms with van der Waals surface area (Å²) >= 11 is 0. The van der Waals surface area contributed by atoms with Gasteiger partial charge >= 0.3 is 0 Å². The van der Waals surface area contributed by atoms with Gasteiger partial charge in [-0.15, -0.1) is 0 Å². The average molecular weight is 1020 g/mol. The summed E-state index contributed by atoms with van der Waals surface area (Å²) in [5.74, 6) is 0.362. The molecule has 3 heterocycles. The maximum absolute atomic E-state index is 6.96. The van der Waals surface area contributed by atoms with Crippen molar-refractivity contribution in [2.75, 3.05) is 9.80 Å². The molecule has 14 aromatic rings. The predicted molar refractivity (Wildman–Crippen MR) is 338 cm³/mol. The number of aromatic nitrogens is 1. The number of hydrogen-bond donors (Lipinski definition) is 0. The van der Waals surface area contributed by atoms with Crippen molar-refractivity contribution in [2.24, 2.45) is 0 Å². The van der Waals surface area contributed by atoms with E-state index in [9.17, 15) is 0 Å². The first-order valence-electron chi connectivity index (χ1n) is 27.9. The SMILES string of the molecule is CC(C)c1cc2c3ccc(N(c4ccc(-c5ccccc5)cc4)c4cccc(C(C)(C)C)c4)cc3n3c4cc5cc6oc7cc(N(c8ccc(-c9ccccc9)cc8)c8cccc(C(C)(C)C)c8)ccc7c6cc5cc4c(c1)c23. The molecule has 14 rings (SSSR count). The maximum atomic E-state index is 6.96. The fourth-order valence-electron chi connectivity index (χ4n) is 12.2. The van der Waals surface area contributed by atoms with Crippen LogP contribution in [0.3, 0.4) is 0 Å². The molecule has 0 saturated carbocycles. The van der Waals surface area contributed by atoms with Crippen molar-refractivity contribution in [3.63, 3.8) is 0 Å². The van der Waals surface area contributed by atoms with Crippen molar-refractivity contribution < 1.29 is 4.42 Å². The third-order valence-corrected chi connectivity index (χ3v) is 16.5. The monoisotopic (exact) mass is 1020 g/mol. The van der Waals surface area contributed by atoms with Crippen molar-refractivity contribution in [2.45, 2.75) is 72.1 Å². The van der Waals surface area contributed by atoms with Crippen molar-refractivity contribution in [1.29, 1.82) is 0 Å². The average Bonchev–Trinajstić information content (AvgIpc) is 4.12.